The molecule has 3 aliphatic rings. The quantitative estimate of drug-likeness (QED) is 0.530. The maximum Gasteiger partial charge on any atom is 0.258 e. The van der Waals surface area contributed by atoms with Crippen molar-refractivity contribution in [2.24, 2.45) is 0 Å². The zero-order valence-corrected chi connectivity index (χ0v) is 21.6. The first kappa shape index (κ1) is 26.0. The minimum Gasteiger partial charge on any atom is -0.493 e. The molecule has 6 rings (SSSR count). The molecule has 1 aromatic heterocycles. The molecule has 10 nitrogen and oxygen atoms in total. The highest BCUT2D eigenvalue weighted by atomic mass is 16.5. The first-order chi connectivity index (χ1) is 19.0. The van der Waals surface area contributed by atoms with Crippen molar-refractivity contribution in [3.8, 4) is 17.2 Å². The predicted molar refractivity (Wildman–Crippen MR) is 142 cm³/mol. The van der Waals surface area contributed by atoms with Gasteiger partial charge in [-0.15, -0.1) is 0 Å². The average Bonchev–Trinajstić information content (AvgIpc) is 3.36. The maximum absolute atomic E-state index is 13.3. The van der Waals surface area contributed by atoms with Gasteiger partial charge in [0.05, 0.1) is 19.7 Å². The van der Waals surface area contributed by atoms with Gasteiger partial charge in [-0.3, -0.25) is 19.4 Å². The molecule has 10 heteroatoms. The van der Waals surface area contributed by atoms with Crippen LogP contribution in [0.2, 0.25) is 0 Å². The van der Waals surface area contributed by atoms with E-state index >= 15 is 0 Å². The number of ether oxygens (including phenoxy) is 3. The van der Waals surface area contributed by atoms with Gasteiger partial charge in [0.15, 0.2) is 18.1 Å². The van der Waals surface area contributed by atoms with Crippen LogP contribution in [0.3, 0.4) is 0 Å². The van der Waals surface area contributed by atoms with E-state index in [0.29, 0.717) is 49.5 Å². The highest BCUT2D eigenvalue weighted by molar-refractivity contribution is 5.95. The highest BCUT2D eigenvalue weighted by Gasteiger charge is 2.38. The SMILES string of the molecule is COc1ccc2cc1OCC(=O)NCc1ccc(cc1)O[C@H]1CN(C(=O)CCc3cccnc3)C[C@@H]1NC2=O. The van der Waals surface area contributed by atoms with Crippen LogP contribution in [0.25, 0.3) is 0 Å². The molecule has 3 aromatic rings. The van der Waals surface area contributed by atoms with E-state index in [2.05, 4.69) is 15.6 Å². The van der Waals surface area contributed by atoms with Gasteiger partial charge in [0.25, 0.3) is 11.8 Å². The molecule has 202 valence electrons. The van der Waals surface area contributed by atoms with Gasteiger partial charge < -0.3 is 29.7 Å². The molecule has 0 aliphatic carbocycles. The Bertz CT molecular complexity index is 1330. The van der Waals surface area contributed by atoms with Crippen LogP contribution < -0.4 is 24.8 Å². The second kappa shape index (κ2) is 11.8. The van der Waals surface area contributed by atoms with Gasteiger partial charge >= 0.3 is 0 Å². The topological polar surface area (TPSA) is 119 Å². The molecule has 0 saturated carbocycles. The third-order valence-corrected chi connectivity index (χ3v) is 6.77. The molecule has 0 spiro atoms. The van der Waals surface area contributed by atoms with Crippen molar-refractivity contribution >= 4 is 17.7 Å². The van der Waals surface area contributed by atoms with Crippen LogP contribution in [-0.4, -0.2) is 66.6 Å². The summed E-state index contributed by atoms with van der Waals surface area (Å²) >= 11 is 0. The number of benzene rings is 2. The summed E-state index contributed by atoms with van der Waals surface area (Å²) in [6.45, 7) is 0.748. The molecule has 1 saturated heterocycles. The third kappa shape index (κ3) is 6.46. The fourth-order valence-electron chi connectivity index (χ4n) is 4.63. The molecule has 3 aliphatic heterocycles. The summed E-state index contributed by atoms with van der Waals surface area (Å²) in [4.78, 5) is 44.6. The van der Waals surface area contributed by atoms with E-state index in [1.807, 2.05) is 36.4 Å². The Kier molecular flexibility index (Phi) is 7.91. The fraction of sp³-hybridized carbons (Fsp3) is 0.310. The number of methoxy groups -OCH3 is 1. The molecule has 2 N–H and O–H groups in total. The number of aromatic nitrogens is 1. The monoisotopic (exact) mass is 530 g/mol. The lowest BCUT2D eigenvalue weighted by Gasteiger charge is -2.21. The summed E-state index contributed by atoms with van der Waals surface area (Å²) in [6.07, 6.45) is 3.92. The number of aryl methyl sites for hydroxylation is 1. The predicted octanol–water partition coefficient (Wildman–Crippen LogP) is 2.12. The number of carbonyl (C=O) groups is 3. The molecule has 1 fully saturated rings. The third-order valence-electron chi connectivity index (χ3n) is 6.77. The van der Waals surface area contributed by atoms with Gasteiger partial charge in [0.2, 0.25) is 5.91 Å². The number of nitrogens with zero attached hydrogens (tertiary/aromatic N) is 2. The van der Waals surface area contributed by atoms with Gasteiger partial charge in [-0.2, -0.15) is 0 Å². The highest BCUT2D eigenvalue weighted by Crippen LogP contribution is 2.29. The Hall–Kier alpha value is -4.60. The Morgan fingerprint density at radius 3 is 2.74 bits per heavy atom. The van der Waals surface area contributed by atoms with Crippen LogP contribution in [0.1, 0.15) is 27.9 Å². The summed E-state index contributed by atoms with van der Waals surface area (Å²) in [5, 5.41) is 5.85. The maximum atomic E-state index is 13.3. The van der Waals surface area contributed by atoms with Gasteiger partial charge in [0.1, 0.15) is 11.9 Å². The van der Waals surface area contributed by atoms with Gasteiger partial charge in [0, 0.05) is 37.5 Å². The number of pyridine rings is 1. The Morgan fingerprint density at radius 2 is 1.97 bits per heavy atom. The van der Waals surface area contributed by atoms with E-state index in [1.165, 1.54) is 13.2 Å². The smallest absolute Gasteiger partial charge is 0.258 e. The molecule has 0 radical (unpaired) electrons. The van der Waals surface area contributed by atoms with Crippen LogP contribution >= 0.6 is 0 Å². The minimum atomic E-state index is -0.452. The van der Waals surface area contributed by atoms with Crippen LogP contribution in [0.5, 0.6) is 17.2 Å². The van der Waals surface area contributed by atoms with E-state index in [-0.39, 0.29) is 30.1 Å². The Balaban J connectivity index is 1.37. The van der Waals surface area contributed by atoms with Crippen LogP contribution in [0.15, 0.2) is 67.0 Å². The number of hydrogen-bond acceptors (Lipinski definition) is 7. The molecular weight excluding hydrogens is 500 g/mol. The van der Waals surface area contributed by atoms with Crippen molar-refractivity contribution < 1.29 is 28.6 Å². The molecular formula is C29H30N4O6. The van der Waals surface area contributed by atoms with Gasteiger partial charge in [-0.25, -0.2) is 0 Å². The first-order valence-electron chi connectivity index (χ1n) is 12.8. The molecule has 39 heavy (non-hydrogen) atoms. The molecule has 0 unspecified atom stereocenters. The molecule has 4 heterocycles. The second-order valence-electron chi connectivity index (χ2n) is 9.47. The molecule has 4 bridgehead atoms. The Morgan fingerprint density at radius 1 is 1.13 bits per heavy atom. The van der Waals surface area contributed by atoms with E-state index in [9.17, 15) is 14.4 Å². The molecule has 3 amide bonds. The van der Waals surface area contributed by atoms with Gasteiger partial charge in [-0.1, -0.05) is 18.2 Å². The second-order valence-corrected chi connectivity index (χ2v) is 9.47. The summed E-state index contributed by atoms with van der Waals surface area (Å²) in [6, 6.07) is 15.5. The normalized spacial score (nSPS) is 19.2. The van der Waals surface area contributed by atoms with E-state index < -0.39 is 12.1 Å². The minimum absolute atomic E-state index is 0.0161. The number of fused-ring (bicyclic) bond motifs is 7. The van der Waals surface area contributed by atoms with Crippen LogP contribution in [0, 0.1) is 0 Å². The summed E-state index contributed by atoms with van der Waals surface area (Å²) in [7, 11) is 1.49. The van der Waals surface area contributed by atoms with Crippen molar-refractivity contribution in [1.29, 1.82) is 0 Å². The number of amides is 3. The number of nitrogens with one attached hydrogen (secondary N) is 2. The largest absolute Gasteiger partial charge is 0.493 e. The van der Waals surface area contributed by atoms with Crippen LogP contribution in [0.4, 0.5) is 0 Å². The zero-order valence-electron chi connectivity index (χ0n) is 21.6. The van der Waals surface area contributed by atoms with Crippen molar-refractivity contribution in [1.82, 2.24) is 20.5 Å². The van der Waals surface area contributed by atoms with E-state index in [4.69, 9.17) is 14.2 Å². The molecule has 2 atom stereocenters. The van der Waals surface area contributed by atoms with Crippen LogP contribution in [-0.2, 0) is 22.6 Å². The lowest BCUT2D eigenvalue weighted by Crippen LogP contribution is -2.45. The van der Waals surface area contributed by atoms with Crippen molar-refractivity contribution in [2.45, 2.75) is 31.5 Å². The summed E-state index contributed by atoms with van der Waals surface area (Å²) < 4.78 is 17.3. The molecule has 2 aromatic carbocycles. The summed E-state index contributed by atoms with van der Waals surface area (Å²) in [5.74, 6) is 0.616. The number of likely N-dealkylation sites (tertiary alicyclic amines) is 1. The number of hydrogen-bond donors (Lipinski definition) is 2. The van der Waals surface area contributed by atoms with Crippen molar-refractivity contribution in [3.63, 3.8) is 0 Å². The lowest BCUT2D eigenvalue weighted by molar-refractivity contribution is -0.130. The fourth-order valence-corrected chi connectivity index (χ4v) is 4.63. The van der Waals surface area contributed by atoms with E-state index in [1.54, 1.807) is 29.4 Å². The first-order valence-corrected chi connectivity index (χ1v) is 12.8. The zero-order chi connectivity index (χ0) is 27.2. The number of rotatable bonds is 4. The standard InChI is InChI=1S/C29H30N4O6/c1-37-24-10-7-21-13-25(24)38-18-27(34)31-15-20-4-8-22(9-5-20)39-26-17-33(16-23(26)32-29(21)36)28(35)11-6-19-3-2-12-30-14-19/h2-5,7-10,12-14,23,26H,6,11,15-18H2,1H3,(H,31,34)(H,32,36)/t23-,26-/m0/s1. The Labute approximate surface area is 226 Å². The van der Waals surface area contributed by atoms with E-state index in [0.717, 1.165) is 11.1 Å². The van der Waals surface area contributed by atoms with Gasteiger partial charge in [-0.05, 0) is 53.9 Å². The lowest BCUT2D eigenvalue weighted by atomic mass is 10.1. The summed E-state index contributed by atoms with van der Waals surface area (Å²) in [5.41, 5.74) is 2.22. The average molecular weight is 531 g/mol. The number of carbonyl (C=O) groups excluding carboxylic acids is 3. The van der Waals surface area contributed by atoms with Crippen molar-refractivity contribution in [3.05, 3.63) is 83.7 Å². The van der Waals surface area contributed by atoms with Crippen molar-refractivity contribution in [2.75, 3.05) is 26.8 Å².